The fraction of sp³-hybridized carbons (Fsp3) is 0.500. The van der Waals surface area contributed by atoms with Crippen LogP contribution in [0.3, 0.4) is 0 Å². The highest BCUT2D eigenvalue weighted by Gasteiger charge is 2.09. The van der Waals surface area contributed by atoms with Gasteiger partial charge < -0.3 is 4.57 Å². The second-order valence-electron chi connectivity index (χ2n) is 2.93. The molecule has 1 rings (SSSR count). The van der Waals surface area contributed by atoms with E-state index in [0.717, 1.165) is 6.29 Å². The number of rotatable bonds is 4. The summed E-state index contributed by atoms with van der Waals surface area (Å²) in [5, 5.41) is 0. The third-order valence-electron chi connectivity index (χ3n) is 1.77. The SMILES string of the molecule is CC(CS(C)=O)n1cncc1C=O. The smallest absolute Gasteiger partial charge is 0.168 e. The van der Waals surface area contributed by atoms with Crippen molar-refractivity contribution in [3.63, 3.8) is 0 Å². The van der Waals surface area contributed by atoms with Crippen molar-refractivity contribution < 1.29 is 9.00 Å². The standard InChI is InChI=1S/C8H12N2O2S/c1-7(5-13(2)12)10-6-9-3-8(10)4-11/h3-4,6-7H,5H2,1-2H3. The molecule has 0 fully saturated rings. The molecule has 0 aliphatic heterocycles. The van der Waals surface area contributed by atoms with Crippen LogP contribution in [-0.4, -0.2) is 32.1 Å². The summed E-state index contributed by atoms with van der Waals surface area (Å²) in [6, 6.07) is 0.0496. The lowest BCUT2D eigenvalue weighted by molar-refractivity contribution is 0.111. The Labute approximate surface area is 79.4 Å². The molecule has 2 atom stereocenters. The molecule has 13 heavy (non-hydrogen) atoms. The summed E-state index contributed by atoms with van der Waals surface area (Å²) in [6.45, 7) is 1.91. The topological polar surface area (TPSA) is 52.0 Å². The normalized spacial score (nSPS) is 15.2. The van der Waals surface area contributed by atoms with Gasteiger partial charge in [0.25, 0.3) is 0 Å². The Kier molecular flexibility index (Phi) is 3.36. The van der Waals surface area contributed by atoms with Crippen LogP contribution in [0.25, 0.3) is 0 Å². The van der Waals surface area contributed by atoms with Crippen LogP contribution in [-0.2, 0) is 10.8 Å². The molecule has 0 saturated carbocycles. The van der Waals surface area contributed by atoms with Crippen LogP contribution in [0, 0.1) is 0 Å². The first kappa shape index (κ1) is 10.1. The zero-order chi connectivity index (χ0) is 9.84. The van der Waals surface area contributed by atoms with Crippen LogP contribution in [0.15, 0.2) is 12.5 Å². The van der Waals surface area contributed by atoms with E-state index in [1.807, 2.05) is 6.92 Å². The molecular formula is C8H12N2O2S. The molecule has 0 aliphatic rings. The maximum absolute atomic E-state index is 10.9. The number of hydrogen-bond acceptors (Lipinski definition) is 3. The monoisotopic (exact) mass is 200 g/mol. The Balaban J connectivity index is 2.81. The first-order chi connectivity index (χ1) is 6.15. The van der Waals surface area contributed by atoms with Crippen molar-refractivity contribution in [1.82, 2.24) is 9.55 Å². The highest BCUT2D eigenvalue weighted by atomic mass is 32.2. The van der Waals surface area contributed by atoms with Crippen molar-refractivity contribution in [2.24, 2.45) is 0 Å². The molecule has 0 amide bonds. The van der Waals surface area contributed by atoms with Crippen LogP contribution < -0.4 is 0 Å². The Morgan fingerprint density at radius 3 is 3.00 bits per heavy atom. The lowest BCUT2D eigenvalue weighted by atomic mass is 10.3. The van der Waals surface area contributed by atoms with Gasteiger partial charge in [-0.3, -0.25) is 9.00 Å². The van der Waals surface area contributed by atoms with Gasteiger partial charge in [0.2, 0.25) is 0 Å². The van der Waals surface area contributed by atoms with Crippen molar-refractivity contribution in [2.45, 2.75) is 13.0 Å². The summed E-state index contributed by atoms with van der Waals surface area (Å²) in [5.74, 6) is 0.539. The molecule has 0 bridgehead atoms. The van der Waals surface area contributed by atoms with Crippen LogP contribution in [0.2, 0.25) is 0 Å². The molecule has 72 valence electrons. The molecule has 0 saturated heterocycles. The number of aldehydes is 1. The van der Waals surface area contributed by atoms with Gasteiger partial charge in [-0.25, -0.2) is 4.98 Å². The van der Waals surface area contributed by atoms with E-state index in [-0.39, 0.29) is 6.04 Å². The van der Waals surface area contributed by atoms with E-state index in [9.17, 15) is 9.00 Å². The lowest BCUT2D eigenvalue weighted by Crippen LogP contribution is -2.14. The molecule has 0 aromatic carbocycles. The molecule has 1 heterocycles. The summed E-state index contributed by atoms with van der Waals surface area (Å²) >= 11 is 0. The molecule has 0 aliphatic carbocycles. The summed E-state index contributed by atoms with van der Waals surface area (Å²) in [5.41, 5.74) is 0.526. The summed E-state index contributed by atoms with van der Waals surface area (Å²) in [4.78, 5) is 14.4. The van der Waals surface area contributed by atoms with Crippen molar-refractivity contribution in [3.05, 3.63) is 18.2 Å². The molecule has 0 radical (unpaired) electrons. The highest BCUT2D eigenvalue weighted by molar-refractivity contribution is 7.84. The Morgan fingerprint density at radius 2 is 2.46 bits per heavy atom. The van der Waals surface area contributed by atoms with E-state index in [0.29, 0.717) is 11.4 Å². The van der Waals surface area contributed by atoms with Gasteiger partial charge in [0.1, 0.15) is 5.69 Å². The van der Waals surface area contributed by atoms with Gasteiger partial charge in [-0.2, -0.15) is 0 Å². The van der Waals surface area contributed by atoms with Gasteiger partial charge in [-0.05, 0) is 6.92 Å². The van der Waals surface area contributed by atoms with Gasteiger partial charge in [-0.15, -0.1) is 0 Å². The average molecular weight is 200 g/mol. The molecule has 0 N–H and O–H groups in total. The fourth-order valence-electron chi connectivity index (χ4n) is 1.19. The summed E-state index contributed by atoms with van der Waals surface area (Å²) < 4.78 is 12.7. The number of nitrogens with zero attached hydrogens (tertiary/aromatic N) is 2. The minimum absolute atomic E-state index is 0.0496. The second-order valence-corrected chi connectivity index (χ2v) is 4.41. The van der Waals surface area contributed by atoms with Crippen LogP contribution in [0.4, 0.5) is 0 Å². The molecule has 0 spiro atoms. The van der Waals surface area contributed by atoms with Gasteiger partial charge in [0.15, 0.2) is 6.29 Å². The largest absolute Gasteiger partial charge is 0.325 e. The maximum atomic E-state index is 10.9. The summed E-state index contributed by atoms with van der Waals surface area (Å²) in [7, 11) is -0.855. The van der Waals surface area contributed by atoms with Crippen LogP contribution in [0.1, 0.15) is 23.5 Å². The van der Waals surface area contributed by atoms with Crippen molar-refractivity contribution in [3.8, 4) is 0 Å². The minimum Gasteiger partial charge on any atom is -0.325 e. The first-order valence-corrected chi connectivity index (χ1v) is 5.65. The average Bonchev–Trinajstić information content (AvgIpc) is 2.49. The van der Waals surface area contributed by atoms with Gasteiger partial charge in [0.05, 0.1) is 12.5 Å². The molecule has 2 unspecified atom stereocenters. The second kappa shape index (κ2) is 4.32. The predicted octanol–water partition coefficient (Wildman–Crippen LogP) is 0.635. The number of imidazole rings is 1. The third-order valence-corrected chi connectivity index (χ3v) is 2.72. The highest BCUT2D eigenvalue weighted by Crippen LogP contribution is 2.08. The summed E-state index contributed by atoms with van der Waals surface area (Å²) in [6.07, 6.45) is 5.49. The molecular weight excluding hydrogens is 188 g/mol. The predicted molar refractivity (Wildman–Crippen MR) is 51.3 cm³/mol. The number of carbonyl (C=O) groups excluding carboxylic acids is 1. The Hall–Kier alpha value is -0.970. The van der Waals surface area contributed by atoms with Crippen molar-refractivity contribution >= 4 is 17.1 Å². The zero-order valence-corrected chi connectivity index (χ0v) is 8.45. The Bertz CT molecular complexity index is 322. The fourth-order valence-corrected chi connectivity index (χ4v) is 2.03. The zero-order valence-electron chi connectivity index (χ0n) is 7.64. The minimum atomic E-state index is -0.855. The van der Waals surface area contributed by atoms with E-state index in [4.69, 9.17) is 0 Å². The molecule has 1 aromatic heterocycles. The van der Waals surface area contributed by atoms with E-state index in [1.54, 1.807) is 17.2 Å². The number of aromatic nitrogens is 2. The van der Waals surface area contributed by atoms with E-state index < -0.39 is 10.8 Å². The van der Waals surface area contributed by atoms with E-state index in [1.165, 1.54) is 6.20 Å². The van der Waals surface area contributed by atoms with Crippen molar-refractivity contribution in [1.29, 1.82) is 0 Å². The van der Waals surface area contributed by atoms with Gasteiger partial charge >= 0.3 is 0 Å². The molecule has 1 aromatic rings. The van der Waals surface area contributed by atoms with Gasteiger partial charge in [0, 0.05) is 28.9 Å². The lowest BCUT2D eigenvalue weighted by Gasteiger charge is -2.12. The van der Waals surface area contributed by atoms with Crippen molar-refractivity contribution in [2.75, 3.05) is 12.0 Å². The van der Waals surface area contributed by atoms with Gasteiger partial charge in [-0.1, -0.05) is 0 Å². The van der Waals surface area contributed by atoms with Crippen LogP contribution >= 0.6 is 0 Å². The van der Waals surface area contributed by atoms with E-state index in [2.05, 4.69) is 4.98 Å². The Morgan fingerprint density at radius 1 is 1.77 bits per heavy atom. The first-order valence-electron chi connectivity index (χ1n) is 3.92. The molecule has 4 nitrogen and oxygen atoms in total. The third kappa shape index (κ3) is 2.48. The van der Waals surface area contributed by atoms with E-state index >= 15 is 0 Å². The number of hydrogen-bond donors (Lipinski definition) is 0. The number of carbonyl (C=O) groups is 1. The molecule has 5 heteroatoms. The maximum Gasteiger partial charge on any atom is 0.168 e. The van der Waals surface area contributed by atoms with Crippen LogP contribution in [0.5, 0.6) is 0 Å². The quantitative estimate of drug-likeness (QED) is 0.670.